The molecule has 6 heteroatoms. The molecule has 2 aromatic rings. The van der Waals surface area contributed by atoms with E-state index in [-0.39, 0.29) is 12.2 Å². The van der Waals surface area contributed by atoms with E-state index >= 15 is 0 Å². The van der Waals surface area contributed by atoms with Crippen LogP contribution < -0.4 is 5.32 Å². The highest BCUT2D eigenvalue weighted by Crippen LogP contribution is 2.17. The summed E-state index contributed by atoms with van der Waals surface area (Å²) in [5.74, 6) is 4.11. The molecule has 5 nitrogen and oxygen atoms in total. The molecule has 0 aliphatic carbocycles. The second-order valence-electron chi connectivity index (χ2n) is 3.74. The zero-order valence-corrected chi connectivity index (χ0v) is 10.3. The van der Waals surface area contributed by atoms with Crippen LogP contribution in [0.4, 0.5) is 10.1 Å². The van der Waals surface area contributed by atoms with Gasteiger partial charge in [-0.3, -0.25) is 4.79 Å². The van der Waals surface area contributed by atoms with E-state index < -0.39 is 11.7 Å². The maximum absolute atomic E-state index is 13.2. The molecule has 1 aromatic carbocycles. The van der Waals surface area contributed by atoms with E-state index in [4.69, 9.17) is 5.11 Å². The maximum Gasteiger partial charge on any atom is 0.257 e. The van der Waals surface area contributed by atoms with Crippen LogP contribution in [0, 0.1) is 17.7 Å². The molecule has 0 spiro atoms. The van der Waals surface area contributed by atoms with Crippen LogP contribution >= 0.6 is 0 Å². The number of aliphatic hydroxyl groups excluding tert-OH is 1. The van der Waals surface area contributed by atoms with Crippen molar-refractivity contribution >= 4 is 11.6 Å². The topological polar surface area (TPSA) is 75.1 Å². The Bertz CT molecular complexity index is 678. The van der Waals surface area contributed by atoms with Crippen molar-refractivity contribution in [1.29, 1.82) is 0 Å². The maximum atomic E-state index is 13.2. The van der Waals surface area contributed by atoms with Crippen molar-refractivity contribution in [3.63, 3.8) is 0 Å². The second-order valence-corrected chi connectivity index (χ2v) is 3.74. The minimum atomic E-state index is -0.476. The minimum absolute atomic E-state index is 0.286. The largest absolute Gasteiger partial charge is 0.384 e. The number of hydrogen-bond acceptors (Lipinski definition) is 4. The number of nitrogens with one attached hydrogen (secondary N) is 1. The Hall–Kier alpha value is -2.78. The van der Waals surface area contributed by atoms with E-state index in [1.54, 1.807) is 0 Å². The summed E-state index contributed by atoms with van der Waals surface area (Å²) >= 11 is 0. The zero-order chi connectivity index (χ0) is 14.4. The third-order valence-corrected chi connectivity index (χ3v) is 2.38. The highest BCUT2D eigenvalue weighted by atomic mass is 19.1. The van der Waals surface area contributed by atoms with Gasteiger partial charge in [0.05, 0.1) is 29.2 Å². The van der Waals surface area contributed by atoms with Gasteiger partial charge < -0.3 is 10.4 Å². The molecule has 100 valence electrons. The number of hydrogen-bond donors (Lipinski definition) is 2. The first-order valence-corrected chi connectivity index (χ1v) is 5.68. The van der Waals surface area contributed by atoms with E-state index in [9.17, 15) is 9.18 Å². The van der Waals surface area contributed by atoms with Gasteiger partial charge >= 0.3 is 0 Å². The van der Waals surface area contributed by atoms with Gasteiger partial charge in [0.2, 0.25) is 0 Å². The van der Waals surface area contributed by atoms with Crippen molar-refractivity contribution in [1.82, 2.24) is 10.2 Å². The predicted molar refractivity (Wildman–Crippen MR) is 70.3 cm³/mol. The Morgan fingerprint density at radius 1 is 1.35 bits per heavy atom. The standard InChI is InChI=1S/C14H10FN3O2/c15-12-3-4-13(10(8-12)2-1-7-19)18-14(20)11-5-6-16-17-9-11/h3-6,8-9,19H,7H2,(H,18,20). The fourth-order valence-corrected chi connectivity index (χ4v) is 1.48. The van der Waals surface area contributed by atoms with Gasteiger partial charge in [-0.2, -0.15) is 10.2 Å². The van der Waals surface area contributed by atoms with Crippen molar-refractivity contribution < 1.29 is 14.3 Å². The molecule has 0 saturated carbocycles. The number of carbonyl (C=O) groups is 1. The number of benzene rings is 1. The smallest absolute Gasteiger partial charge is 0.257 e. The Kier molecular flexibility index (Phi) is 4.37. The summed E-state index contributed by atoms with van der Waals surface area (Å²) < 4.78 is 13.2. The lowest BCUT2D eigenvalue weighted by Gasteiger charge is -2.07. The van der Waals surface area contributed by atoms with Gasteiger partial charge in [0.15, 0.2) is 0 Å². The molecule has 1 amide bonds. The van der Waals surface area contributed by atoms with Crippen LogP contribution in [-0.4, -0.2) is 27.8 Å². The van der Waals surface area contributed by atoms with Gasteiger partial charge in [0.1, 0.15) is 12.4 Å². The fourth-order valence-electron chi connectivity index (χ4n) is 1.48. The molecule has 0 unspecified atom stereocenters. The molecule has 0 aliphatic heterocycles. The minimum Gasteiger partial charge on any atom is -0.384 e. The van der Waals surface area contributed by atoms with E-state index in [2.05, 4.69) is 27.4 Å². The summed E-state index contributed by atoms with van der Waals surface area (Å²) in [7, 11) is 0. The van der Waals surface area contributed by atoms with Gasteiger partial charge in [0.25, 0.3) is 5.91 Å². The molecule has 2 rings (SSSR count). The van der Waals surface area contributed by atoms with E-state index in [1.165, 1.54) is 36.7 Å². The lowest BCUT2D eigenvalue weighted by atomic mass is 10.1. The summed E-state index contributed by atoms with van der Waals surface area (Å²) in [6, 6.07) is 5.31. The Labute approximate surface area is 114 Å². The zero-order valence-electron chi connectivity index (χ0n) is 10.3. The summed E-state index contributed by atoms with van der Waals surface area (Å²) in [6.45, 7) is -0.349. The van der Waals surface area contributed by atoms with Gasteiger partial charge in [-0.25, -0.2) is 4.39 Å². The molecular weight excluding hydrogens is 261 g/mol. The molecule has 0 bridgehead atoms. The van der Waals surface area contributed by atoms with Crippen LogP contribution in [0.3, 0.4) is 0 Å². The van der Waals surface area contributed by atoms with Crippen molar-refractivity contribution in [2.24, 2.45) is 0 Å². The first kappa shape index (κ1) is 13.6. The summed E-state index contributed by atoms with van der Waals surface area (Å²) in [5.41, 5.74) is 0.967. The number of anilines is 1. The molecule has 2 N–H and O–H groups in total. The average molecular weight is 271 g/mol. The quantitative estimate of drug-likeness (QED) is 0.805. The highest BCUT2D eigenvalue weighted by molar-refractivity contribution is 6.04. The molecule has 0 atom stereocenters. The van der Waals surface area contributed by atoms with E-state index in [0.29, 0.717) is 11.3 Å². The first-order valence-electron chi connectivity index (χ1n) is 5.68. The van der Waals surface area contributed by atoms with Crippen molar-refractivity contribution in [3.8, 4) is 11.8 Å². The molecule has 0 saturated heterocycles. The molecule has 0 radical (unpaired) electrons. The molecular formula is C14H10FN3O2. The number of rotatable bonds is 2. The van der Waals surface area contributed by atoms with Crippen LogP contribution in [0.15, 0.2) is 36.7 Å². The fraction of sp³-hybridized carbons (Fsp3) is 0.0714. The summed E-state index contributed by atoms with van der Waals surface area (Å²) in [6.07, 6.45) is 2.71. The third kappa shape index (κ3) is 3.37. The molecule has 1 aromatic heterocycles. The van der Waals surface area contributed by atoms with Crippen molar-refractivity contribution in [2.75, 3.05) is 11.9 Å². The lowest BCUT2D eigenvalue weighted by molar-refractivity contribution is 0.102. The van der Waals surface area contributed by atoms with Gasteiger partial charge in [-0.1, -0.05) is 11.8 Å². The Morgan fingerprint density at radius 3 is 2.90 bits per heavy atom. The average Bonchev–Trinajstić information content (AvgIpc) is 2.48. The predicted octanol–water partition coefficient (Wildman–Crippen LogP) is 1.21. The molecule has 1 heterocycles. The molecule has 0 fully saturated rings. The van der Waals surface area contributed by atoms with Crippen molar-refractivity contribution in [3.05, 3.63) is 53.6 Å². The van der Waals surface area contributed by atoms with Crippen LogP contribution in [-0.2, 0) is 0 Å². The van der Waals surface area contributed by atoms with Gasteiger partial charge in [-0.05, 0) is 24.3 Å². The normalized spacial score (nSPS) is 9.50. The second kappa shape index (κ2) is 6.41. The number of aliphatic hydroxyl groups is 1. The van der Waals surface area contributed by atoms with Crippen LogP contribution in [0.25, 0.3) is 0 Å². The number of nitrogens with zero attached hydrogens (tertiary/aromatic N) is 2. The first-order chi connectivity index (χ1) is 9.70. The Morgan fingerprint density at radius 2 is 2.20 bits per heavy atom. The third-order valence-electron chi connectivity index (χ3n) is 2.38. The van der Waals surface area contributed by atoms with E-state index in [0.717, 1.165) is 0 Å². The molecule has 0 aliphatic rings. The van der Waals surface area contributed by atoms with Crippen molar-refractivity contribution in [2.45, 2.75) is 0 Å². The van der Waals surface area contributed by atoms with Crippen LogP contribution in [0.1, 0.15) is 15.9 Å². The van der Waals surface area contributed by atoms with Crippen LogP contribution in [0.2, 0.25) is 0 Å². The SMILES string of the molecule is O=C(Nc1ccc(F)cc1C#CCO)c1ccnnc1. The summed E-state index contributed by atoms with van der Waals surface area (Å²) in [5, 5.41) is 18.5. The summed E-state index contributed by atoms with van der Waals surface area (Å²) in [4.78, 5) is 12.0. The van der Waals surface area contributed by atoms with Crippen LogP contribution in [0.5, 0.6) is 0 Å². The number of aromatic nitrogens is 2. The number of amides is 1. The monoisotopic (exact) mass is 271 g/mol. The highest BCUT2D eigenvalue weighted by Gasteiger charge is 2.09. The number of halogens is 1. The van der Waals surface area contributed by atoms with Gasteiger partial charge in [-0.15, -0.1) is 0 Å². The lowest BCUT2D eigenvalue weighted by Crippen LogP contribution is -2.13. The Balaban J connectivity index is 2.27. The number of carbonyl (C=O) groups excluding carboxylic acids is 1. The molecule has 20 heavy (non-hydrogen) atoms. The van der Waals surface area contributed by atoms with E-state index in [1.807, 2.05) is 0 Å². The van der Waals surface area contributed by atoms with Gasteiger partial charge in [0, 0.05) is 0 Å².